The number of rotatable bonds is 8. The maximum Gasteiger partial charge on any atom is 0.248 e. The van der Waals surface area contributed by atoms with Crippen molar-refractivity contribution in [3.05, 3.63) is 65.6 Å². The van der Waals surface area contributed by atoms with Crippen LogP contribution in [0.3, 0.4) is 0 Å². The van der Waals surface area contributed by atoms with Crippen LogP contribution >= 0.6 is 23.4 Å². The first kappa shape index (κ1) is 21.7. The fourth-order valence-corrected chi connectivity index (χ4v) is 3.28. The molecular weight excluding hydrogens is 426 g/mol. The molecule has 0 saturated heterocycles. The third-order valence-electron chi connectivity index (χ3n) is 4.02. The normalized spacial score (nSPS) is 10.5. The van der Waals surface area contributed by atoms with E-state index in [1.807, 2.05) is 36.4 Å². The molecule has 1 aromatic heterocycles. The number of amides is 2. The average Bonchev–Trinajstić information content (AvgIpc) is 3.25. The van der Waals surface area contributed by atoms with Crippen LogP contribution in [0.4, 0.5) is 0 Å². The zero-order valence-corrected chi connectivity index (χ0v) is 17.8. The lowest BCUT2D eigenvalue weighted by molar-refractivity contribution is -0.127. The zero-order chi connectivity index (χ0) is 21.3. The van der Waals surface area contributed by atoms with Crippen LogP contribution in [0.15, 0.2) is 64.0 Å². The summed E-state index contributed by atoms with van der Waals surface area (Å²) in [7, 11) is 1.60. The maximum absolute atomic E-state index is 11.9. The predicted molar refractivity (Wildman–Crippen MR) is 115 cm³/mol. The highest BCUT2D eigenvalue weighted by Gasteiger charge is 2.10. The summed E-state index contributed by atoms with van der Waals surface area (Å²) < 4.78 is 10.8. The average molecular weight is 446 g/mol. The summed E-state index contributed by atoms with van der Waals surface area (Å²) in [5, 5.41) is 0.637. The van der Waals surface area contributed by atoms with Gasteiger partial charge in [0.2, 0.25) is 11.8 Å². The van der Waals surface area contributed by atoms with E-state index in [0.717, 1.165) is 16.2 Å². The molecule has 2 N–H and O–H groups in total. The van der Waals surface area contributed by atoms with Crippen LogP contribution in [0.1, 0.15) is 12.3 Å². The minimum Gasteiger partial charge on any atom is -0.497 e. The Kier molecular flexibility index (Phi) is 7.75. The van der Waals surface area contributed by atoms with Crippen LogP contribution in [0.5, 0.6) is 5.75 Å². The van der Waals surface area contributed by atoms with Crippen LogP contribution in [0.25, 0.3) is 11.3 Å². The fraction of sp³-hybridized carbons (Fsp3) is 0.190. The molecule has 0 radical (unpaired) electrons. The van der Waals surface area contributed by atoms with E-state index in [1.165, 1.54) is 11.8 Å². The smallest absolute Gasteiger partial charge is 0.248 e. The second kappa shape index (κ2) is 10.7. The summed E-state index contributed by atoms with van der Waals surface area (Å²) >= 11 is 7.17. The van der Waals surface area contributed by atoms with Gasteiger partial charge in [0.05, 0.1) is 19.1 Å². The number of halogens is 1. The summed E-state index contributed by atoms with van der Waals surface area (Å²) in [6, 6.07) is 14.6. The lowest BCUT2D eigenvalue weighted by atomic mass is 10.2. The Hall–Kier alpha value is -2.97. The number of hydrogen-bond donors (Lipinski definition) is 2. The van der Waals surface area contributed by atoms with Gasteiger partial charge in [0.15, 0.2) is 11.7 Å². The van der Waals surface area contributed by atoms with Crippen LogP contribution in [-0.4, -0.2) is 29.7 Å². The molecule has 0 unspecified atom stereocenters. The molecule has 0 bridgehead atoms. The van der Waals surface area contributed by atoms with Gasteiger partial charge in [0.25, 0.3) is 0 Å². The van der Waals surface area contributed by atoms with E-state index in [2.05, 4.69) is 15.8 Å². The van der Waals surface area contributed by atoms with Gasteiger partial charge in [-0.1, -0.05) is 11.6 Å². The predicted octanol–water partition coefficient (Wildman–Crippen LogP) is 3.88. The Bertz CT molecular complexity index is 990. The minimum atomic E-state index is -0.330. The van der Waals surface area contributed by atoms with Crippen molar-refractivity contribution in [2.75, 3.05) is 12.9 Å². The lowest BCUT2D eigenvalue weighted by Crippen LogP contribution is -2.42. The SMILES string of the molecule is COc1ccc(-c2cnc(CCC(=O)NNC(=O)CSc3ccc(Cl)cc3)o2)cc1. The van der Waals surface area contributed by atoms with Gasteiger partial charge in [-0.25, -0.2) is 4.98 Å². The van der Waals surface area contributed by atoms with Crippen LogP contribution < -0.4 is 15.6 Å². The van der Waals surface area contributed by atoms with Gasteiger partial charge in [-0.05, 0) is 48.5 Å². The number of nitrogens with one attached hydrogen (secondary N) is 2. The number of nitrogens with zero attached hydrogens (tertiary/aromatic N) is 1. The molecule has 0 spiro atoms. The monoisotopic (exact) mass is 445 g/mol. The molecule has 1 heterocycles. The molecular formula is C21H20ClN3O4S. The standard InChI is InChI=1S/C21H20ClN3O4S/c1-28-16-6-2-14(3-7-16)18-12-23-21(29-18)11-10-19(26)24-25-20(27)13-30-17-8-4-15(22)5-9-17/h2-9,12H,10-11,13H2,1H3,(H,24,26)(H,25,27). The molecule has 30 heavy (non-hydrogen) atoms. The van der Waals surface area contributed by atoms with Crippen molar-refractivity contribution in [2.45, 2.75) is 17.7 Å². The van der Waals surface area contributed by atoms with E-state index in [9.17, 15) is 9.59 Å². The number of thioether (sulfide) groups is 1. The van der Waals surface area contributed by atoms with Crippen molar-refractivity contribution in [2.24, 2.45) is 0 Å². The Labute approximate surface area is 183 Å². The fourth-order valence-electron chi connectivity index (χ4n) is 2.45. The van der Waals surface area contributed by atoms with Gasteiger partial charge in [-0.3, -0.25) is 20.4 Å². The second-order valence-corrected chi connectivity index (χ2v) is 7.67. The molecule has 156 valence electrons. The number of methoxy groups -OCH3 is 1. The molecule has 3 rings (SSSR count). The molecule has 0 aliphatic rings. The minimum absolute atomic E-state index is 0.132. The quantitative estimate of drug-likeness (QED) is 0.403. The summed E-state index contributed by atoms with van der Waals surface area (Å²) in [6.45, 7) is 0. The highest BCUT2D eigenvalue weighted by Crippen LogP contribution is 2.23. The first-order chi connectivity index (χ1) is 14.5. The molecule has 0 aliphatic carbocycles. The molecule has 0 atom stereocenters. The topological polar surface area (TPSA) is 93.5 Å². The summed E-state index contributed by atoms with van der Waals surface area (Å²) in [6.07, 6.45) is 2.06. The first-order valence-electron chi connectivity index (χ1n) is 9.08. The third kappa shape index (κ3) is 6.53. The largest absolute Gasteiger partial charge is 0.497 e. The maximum atomic E-state index is 11.9. The molecule has 0 fully saturated rings. The van der Waals surface area contributed by atoms with E-state index in [-0.39, 0.29) is 24.0 Å². The van der Waals surface area contributed by atoms with Gasteiger partial charge in [0, 0.05) is 28.3 Å². The van der Waals surface area contributed by atoms with Gasteiger partial charge >= 0.3 is 0 Å². The number of oxazole rings is 1. The van der Waals surface area contributed by atoms with Crippen molar-refractivity contribution in [3.8, 4) is 17.1 Å². The number of hydrogen-bond acceptors (Lipinski definition) is 6. The second-order valence-electron chi connectivity index (χ2n) is 6.19. The first-order valence-corrected chi connectivity index (χ1v) is 10.4. The van der Waals surface area contributed by atoms with Crippen molar-refractivity contribution < 1.29 is 18.7 Å². The molecule has 0 aliphatic heterocycles. The van der Waals surface area contributed by atoms with E-state index in [1.54, 1.807) is 25.4 Å². The number of carbonyl (C=O) groups excluding carboxylic acids is 2. The van der Waals surface area contributed by atoms with Crippen molar-refractivity contribution in [3.63, 3.8) is 0 Å². The number of ether oxygens (including phenoxy) is 1. The Morgan fingerprint density at radius 3 is 2.47 bits per heavy atom. The van der Waals surface area contributed by atoms with E-state index >= 15 is 0 Å². The number of aromatic nitrogens is 1. The third-order valence-corrected chi connectivity index (χ3v) is 5.28. The van der Waals surface area contributed by atoms with E-state index < -0.39 is 0 Å². The van der Waals surface area contributed by atoms with E-state index in [4.69, 9.17) is 20.8 Å². The van der Waals surface area contributed by atoms with Gasteiger partial charge in [-0.15, -0.1) is 11.8 Å². The summed E-state index contributed by atoms with van der Waals surface area (Å²) in [4.78, 5) is 28.9. The van der Waals surface area contributed by atoms with Crippen LogP contribution in [0, 0.1) is 0 Å². The number of aryl methyl sites for hydroxylation is 1. The lowest BCUT2D eigenvalue weighted by Gasteiger charge is -2.06. The Balaban J connectivity index is 1.38. The Morgan fingerprint density at radius 2 is 1.77 bits per heavy atom. The molecule has 2 amide bonds. The van der Waals surface area contributed by atoms with Crippen molar-refractivity contribution >= 4 is 35.2 Å². The highest BCUT2D eigenvalue weighted by molar-refractivity contribution is 8.00. The molecule has 2 aromatic carbocycles. The van der Waals surface area contributed by atoms with Gasteiger partial charge < -0.3 is 9.15 Å². The van der Waals surface area contributed by atoms with Gasteiger partial charge in [-0.2, -0.15) is 0 Å². The Morgan fingerprint density at radius 1 is 1.07 bits per heavy atom. The summed E-state index contributed by atoms with van der Waals surface area (Å²) in [5.74, 6) is 1.35. The van der Waals surface area contributed by atoms with Gasteiger partial charge in [0.1, 0.15) is 5.75 Å². The molecule has 3 aromatic rings. The molecule has 7 nitrogen and oxygen atoms in total. The van der Waals surface area contributed by atoms with Crippen molar-refractivity contribution in [1.82, 2.24) is 15.8 Å². The summed E-state index contributed by atoms with van der Waals surface area (Å²) in [5.41, 5.74) is 5.65. The molecule has 0 saturated carbocycles. The van der Waals surface area contributed by atoms with Crippen LogP contribution in [-0.2, 0) is 16.0 Å². The van der Waals surface area contributed by atoms with E-state index in [0.29, 0.717) is 23.1 Å². The number of benzene rings is 2. The zero-order valence-electron chi connectivity index (χ0n) is 16.2. The highest BCUT2D eigenvalue weighted by atomic mass is 35.5. The van der Waals surface area contributed by atoms with Crippen molar-refractivity contribution in [1.29, 1.82) is 0 Å². The number of carbonyl (C=O) groups is 2. The number of hydrazine groups is 1. The molecule has 9 heteroatoms. The van der Waals surface area contributed by atoms with Crippen LogP contribution in [0.2, 0.25) is 5.02 Å².